The Morgan fingerprint density at radius 3 is 1.00 bits per heavy atom. The highest BCUT2D eigenvalue weighted by atomic mass is 79.9. The second-order valence-corrected chi connectivity index (χ2v) is 10.5. The molecule has 0 heterocycles. The predicted octanol–water partition coefficient (Wildman–Crippen LogP) is 8.19. The van der Waals surface area contributed by atoms with Crippen LogP contribution >= 0.6 is 14.1 Å². The molecule has 0 saturated heterocycles. The lowest BCUT2D eigenvalue weighted by Crippen LogP contribution is -1.84. The highest BCUT2D eigenvalue weighted by molar-refractivity contribution is 9.23. The quantitative estimate of drug-likeness (QED) is 0.154. The number of unbranched alkanes of at least 4 members (excludes halogenated alkanes) is 17. The molecular formula is C20H42AlBr. The molecule has 0 fully saturated rings. The minimum atomic E-state index is 0.159. The fraction of sp³-hybridized carbons (Fsp3) is 1.00. The summed E-state index contributed by atoms with van der Waals surface area (Å²) in [5.74, 6) is 0. The smallest absolute Gasteiger partial charge is 0.223 e. The lowest BCUT2D eigenvalue weighted by atomic mass is 10.0. The van der Waals surface area contributed by atoms with E-state index in [-0.39, 0.29) is 13.4 Å². The molecule has 2 heteroatoms. The maximum atomic E-state index is 3.64. The van der Waals surface area contributed by atoms with Crippen LogP contribution in [0.2, 0.25) is 5.28 Å². The topological polar surface area (TPSA) is 0 Å². The summed E-state index contributed by atoms with van der Waals surface area (Å²) in [6, 6.07) is 0. The van der Waals surface area contributed by atoms with Gasteiger partial charge >= 0.3 is 13.4 Å². The summed E-state index contributed by atoms with van der Waals surface area (Å²) in [5, 5.41) is 1.50. The fourth-order valence-electron chi connectivity index (χ4n) is 3.17. The molecule has 0 aliphatic rings. The summed E-state index contributed by atoms with van der Waals surface area (Å²) >= 11 is 3.80. The first kappa shape index (κ1) is 23.0. The number of halogens is 1. The Hall–Kier alpha value is 1.01. The molecule has 0 N–H and O–H groups in total. The molecule has 22 heavy (non-hydrogen) atoms. The normalized spacial score (nSPS) is 11.0. The standard InChI is InChI=1S/C20H41.Al.BrH.H/c1-3-5-7-9-11-13-15-17-19-20-18-16-14-12-10-8-6-4-2;;;/h1,3-20H2,2H3;;1H;/q;+1;;/p-1. The van der Waals surface area contributed by atoms with Gasteiger partial charge in [0, 0.05) is 0 Å². The molecule has 0 rings (SSSR count). The third-order valence-electron chi connectivity index (χ3n) is 4.74. The fourth-order valence-corrected chi connectivity index (χ4v) is 4.90. The van der Waals surface area contributed by atoms with Crippen LogP contribution in [0.3, 0.4) is 0 Å². The SMILES string of the molecule is CCCCCCCCCCCCCCCCCCC[CH2][AlH][Br]. The summed E-state index contributed by atoms with van der Waals surface area (Å²) in [5.41, 5.74) is 0. The van der Waals surface area contributed by atoms with E-state index in [1.54, 1.807) is 0 Å². The molecule has 0 saturated carbocycles. The van der Waals surface area contributed by atoms with Crippen molar-refractivity contribution in [2.75, 3.05) is 0 Å². The third kappa shape index (κ3) is 21.0. The molecule has 0 amide bonds. The van der Waals surface area contributed by atoms with Gasteiger partial charge in [0.25, 0.3) is 0 Å². The molecule has 132 valence electrons. The first-order chi connectivity index (χ1) is 10.9. The molecule has 0 nitrogen and oxygen atoms in total. The van der Waals surface area contributed by atoms with Crippen molar-refractivity contribution in [1.82, 2.24) is 0 Å². The second kappa shape index (κ2) is 22.0. The molecular weight excluding hydrogens is 347 g/mol. The maximum absolute atomic E-state index is 3.64. The van der Waals surface area contributed by atoms with Gasteiger partial charge in [0.1, 0.15) is 0 Å². The molecule has 0 bridgehead atoms. The van der Waals surface area contributed by atoms with Crippen molar-refractivity contribution in [3.8, 4) is 0 Å². The molecule has 0 aliphatic carbocycles. The Labute approximate surface area is 155 Å². The summed E-state index contributed by atoms with van der Waals surface area (Å²) in [7, 11) is 0. The highest BCUT2D eigenvalue weighted by Crippen LogP contribution is 2.14. The van der Waals surface area contributed by atoms with Gasteiger partial charge in [-0.25, -0.2) is 14.1 Å². The van der Waals surface area contributed by atoms with Gasteiger partial charge in [-0.15, -0.1) is 0 Å². The van der Waals surface area contributed by atoms with Gasteiger partial charge < -0.3 is 0 Å². The van der Waals surface area contributed by atoms with Crippen LogP contribution in [0.25, 0.3) is 0 Å². The van der Waals surface area contributed by atoms with Gasteiger partial charge in [-0.05, 0) is 0 Å². The van der Waals surface area contributed by atoms with E-state index in [1.807, 2.05) is 0 Å². The van der Waals surface area contributed by atoms with Crippen LogP contribution in [0.5, 0.6) is 0 Å². The Balaban J connectivity index is 2.91. The summed E-state index contributed by atoms with van der Waals surface area (Å²) in [4.78, 5) is 0. The Morgan fingerprint density at radius 1 is 0.455 bits per heavy atom. The van der Waals surface area contributed by atoms with Crippen LogP contribution in [-0.4, -0.2) is 13.4 Å². The maximum Gasteiger partial charge on any atom is 0.342 e. The van der Waals surface area contributed by atoms with E-state index in [0.717, 1.165) is 0 Å². The lowest BCUT2D eigenvalue weighted by molar-refractivity contribution is 0.526. The zero-order valence-electron chi connectivity index (χ0n) is 15.5. The predicted molar refractivity (Wildman–Crippen MR) is 110 cm³/mol. The molecule has 0 spiro atoms. The van der Waals surface area contributed by atoms with Crippen molar-refractivity contribution in [3.05, 3.63) is 0 Å². The van der Waals surface area contributed by atoms with E-state index >= 15 is 0 Å². The highest BCUT2D eigenvalue weighted by Gasteiger charge is 1.95. The van der Waals surface area contributed by atoms with Crippen molar-refractivity contribution >= 4 is 27.4 Å². The first-order valence-electron chi connectivity index (χ1n) is 10.5. The van der Waals surface area contributed by atoms with Crippen molar-refractivity contribution in [3.63, 3.8) is 0 Å². The van der Waals surface area contributed by atoms with Crippen LogP contribution in [0.4, 0.5) is 0 Å². The third-order valence-corrected chi connectivity index (χ3v) is 7.19. The van der Waals surface area contributed by atoms with Gasteiger partial charge in [0.15, 0.2) is 0 Å². The van der Waals surface area contributed by atoms with E-state index in [4.69, 9.17) is 0 Å². The minimum absolute atomic E-state index is 0.159. The van der Waals surface area contributed by atoms with Gasteiger partial charge in [-0.1, -0.05) is 128 Å². The Kier molecular flexibility index (Phi) is 23.0. The zero-order valence-corrected chi connectivity index (χ0v) is 18.5. The van der Waals surface area contributed by atoms with Crippen LogP contribution in [0, 0.1) is 0 Å². The van der Waals surface area contributed by atoms with Gasteiger partial charge in [-0.3, -0.25) is 0 Å². The van der Waals surface area contributed by atoms with Crippen LogP contribution in [-0.2, 0) is 0 Å². The largest absolute Gasteiger partial charge is 0.342 e. The van der Waals surface area contributed by atoms with E-state index in [0.29, 0.717) is 0 Å². The average molecular weight is 389 g/mol. The van der Waals surface area contributed by atoms with E-state index in [2.05, 4.69) is 21.0 Å². The molecule has 0 atom stereocenters. The Morgan fingerprint density at radius 2 is 0.727 bits per heavy atom. The lowest BCUT2D eigenvalue weighted by Gasteiger charge is -2.03. The molecule has 0 aromatic heterocycles. The second-order valence-electron chi connectivity index (χ2n) is 7.05. The molecule has 0 unspecified atom stereocenters. The van der Waals surface area contributed by atoms with Crippen molar-refractivity contribution < 1.29 is 0 Å². The molecule has 0 radical (unpaired) electrons. The average Bonchev–Trinajstić information content (AvgIpc) is 2.54. The zero-order chi connectivity index (χ0) is 16.1. The molecule has 0 aromatic rings. The van der Waals surface area contributed by atoms with Crippen molar-refractivity contribution in [2.24, 2.45) is 0 Å². The molecule has 0 aliphatic heterocycles. The first-order valence-corrected chi connectivity index (χ1v) is 15.4. The van der Waals surface area contributed by atoms with Crippen molar-refractivity contribution in [1.29, 1.82) is 0 Å². The van der Waals surface area contributed by atoms with Gasteiger partial charge in [0.05, 0.1) is 0 Å². The van der Waals surface area contributed by atoms with E-state index in [1.165, 1.54) is 121 Å². The summed E-state index contributed by atoms with van der Waals surface area (Å²) in [6.45, 7) is 2.30. The minimum Gasteiger partial charge on any atom is -0.223 e. The Bertz CT molecular complexity index is 165. The van der Waals surface area contributed by atoms with Crippen LogP contribution < -0.4 is 0 Å². The monoisotopic (exact) mass is 388 g/mol. The van der Waals surface area contributed by atoms with Crippen molar-refractivity contribution in [2.45, 2.75) is 128 Å². The number of rotatable bonds is 19. The number of hydrogen-bond donors (Lipinski definition) is 0. The van der Waals surface area contributed by atoms with Gasteiger partial charge in [0.2, 0.25) is 0 Å². The number of hydrogen-bond acceptors (Lipinski definition) is 0. The van der Waals surface area contributed by atoms with Gasteiger partial charge in [-0.2, -0.15) is 0 Å². The van der Waals surface area contributed by atoms with E-state index < -0.39 is 0 Å². The van der Waals surface area contributed by atoms with Crippen LogP contribution in [0.15, 0.2) is 0 Å². The molecule has 0 aromatic carbocycles. The van der Waals surface area contributed by atoms with E-state index in [9.17, 15) is 0 Å². The van der Waals surface area contributed by atoms with Crippen LogP contribution in [0.1, 0.15) is 122 Å². The summed E-state index contributed by atoms with van der Waals surface area (Å²) < 4.78 is 0. The summed E-state index contributed by atoms with van der Waals surface area (Å²) in [6.07, 6.45) is 26.6.